The van der Waals surface area contributed by atoms with Crippen molar-refractivity contribution in [2.24, 2.45) is 0 Å². The van der Waals surface area contributed by atoms with E-state index in [1.807, 2.05) is 12.1 Å². The average molecular weight is 328 g/mol. The Bertz CT molecular complexity index is 890. The van der Waals surface area contributed by atoms with Gasteiger partial charge in [-0.2, -0.15) is 0 Å². The molecule has 1 heterocycles. The number of fused-ring (bicyclic) bond motifs is 2. The van der Waals surface area contributed by atoms with Gasteiger partial charge in [-0.25, -0.2) is 8.42 Å². The molecular weight excluding hydrogens is 308 g/mol. The van der Waals surface area contributed by atoms with Crippen LogP contribution in [-0.4, -0.2) is 33.2 Å². The lowest BCUT2D eigenvalue weighted by atomic mass is 9.77. The number of hydrogen-bond donors (Lipinski definition) is 1. The molecule has 0 fully saturated rings. The van der Waals surface area contributed by atoms with Crippen LogP contribution in [0.5, 0.6) is 0 Å². The molecule has 0 bridgehead atoms. The number of anilines is 1. The third-order valence-electron chi connectivity index (χ3n) is 4.91. The average Bonchev–Trinajstić information content (AvgIpc) is 2.49. The molecule has 2 aromatic rings. The lowest BCUT2D eigenvalue weighted by molar-refractivity contribution is 0.228. The van der Waals surface area contributed by atoms with Crippen molar-refractivity contribution in [3.05, 3.63) is 53.1 Å². The zero-order chi connectivity index (χ0) is 16.2. The van der Waals surface area contributed by atoms with Crippen LogP contribution in [0.1, 0.15) is 22.7 Å². The van der Waals surface area contributed by atoms with Crippen LogP contribution in [-0.2, 0) is 22.9 Å². The van der Waals surface area contributed by atoms with Gasteiger partial charge in [0.1, 0.15) is 0 Å². The highest BCUT2D eigenvalue weighted by Crippen LogP contribution is 2.45. The summed E-state index contributed by atoms with van der Waals surface area (Å²) >= 11 is 0. The fourth-order valence-corrected chi connectivity index (χ4v) is 4.44. The minimum Gasteiger partial charge on any atom is -0.299 e. The Kier molecular flexibility index (Phi) is 3.25. The van der Waals surface area contributed by atoms with Gasteiger partial charge in [0, 0.05) is 18.3 Å². The molecule has 5 heteroatoms. The SMILES string of the molecule is CN1CCc2cccc3c2C1Cc1ccc(NS(C)(=O)=O)cc1-3. The first-order valence-corrected chi connectivity index (χ1v) is 9.74. The topological polar surface area (TPSA) is 49.4 Å². The van der Waals surface area contributed by atoms with Crippen LogP contribution in [0.4, 0.5) is 5.69 Å². The van der Waals surface area contributed by atoms with E-state index in [1.54, 1.807) is 0 Å². The quantitative estimate of drug-likeness (QED) is 0.922. The Labute approximate surface area is 137 Å². The summed E-state index contributed by atoms with van der Waals surface area (Å²) in [4.78, 5) is 2.43. The molecule has 4 rings (SSSR count). The standard InChI is InChI=1S/C18H20N2O2S/c1-20-9-8-12-4-3-5-15-16-11-14(19-23(2,21)22)7-6-13(16)10-17(20)18(12)15/h3-7,11,17,19H,8-10H2,1-2H3. The minimum absolute atomic E-state index is 0.427. The summed E-state index contributed by atoms with van der Waals surface area (Å²) in [6, 6.07) is 12.8. The van der Waals surface area contributed by atoms with E-state index < -0.39 is 10.0 Å². The van der Waals surface area contributed by atoms with Crippen molar-refractivity contribution in [2.75, 3.05) is 24.6 Å². The van der Waals surface area contributed by atoms with Gasteiger partial charge in [-0.3, -0.25) is 9.62 Å². The Morgan fingerprint density at radius 3 is 2.74 bits per heavy atom. The third-order valence-corrected chi connectivity index (χ3v) is 5.52. The van der Waals surface area contributed by atoms with Crippen LogP contribution >= 0.6 is 0 Å². The van der Waals surface area contributed by atoms with Gasteiger partial charge in [0.05, 0.1) is 6.26 Å². The molecule has 120 valence electrons. The van der Waals surface area contributed by atoms with Crippen molar-refractivity contribution in [3.8, 4) is 11.1 Å². The van der Waals surface area contributed by atoms with Crippen LogP contribution in [0.25, 0.3) is 11.1 Å². The van der Waals surface area contributed by atoms with Crippen LogP contribution in [0.3, 0.4) is 0 Å². The molecule has 0 amide bonds. The Hall–Kier alpha value is -1.85. The first kappa shape index (κ1) is 14.7. The summed E-state index contributed by atoms with van der Waals surface area (Å²) in [6.07, 6.45) is 3.24. The van der Waals surface area contributed by atoms with Crippen molar-refractivity contribution in [3.63, 3.8) is 0 Å². The van der Waals surface area contributed by atoms with E-state index in [4.69, 9.17) is 0 Å². The van der Waals surface area contributed by atoms with Gasteiger partial charge in [-0.15, -0.1) is 0 Å². The minimum atomic E-state index is -3.26. The maximum absolute atomic E-state index is 11.5. The summed E-state index contributed by atoms with van der Waals surface area (Å²) in [7, 11) is -1.07. The number of sulfonamides is 1. The molecule has 0 saturated heterocycles. The largest absolute Gasteiger partial charge is 0.299 e. The number of rotatable bonds is 2. The predicted octanol–water partition coefficient (Wildman–Crippen LogP) is 2.81. The van der Waals surface area contributed by atoms with Crippen molar-refractivity contribution in [2.45, 2.75) is 18.9 Å². The normalized spacial score (nSPS) is 19.8. The summed E-state index contributed by atoms with van der Waals surface area (Å²) < 4.78 is 25.6. The highest BCUT2D eigenvalue weighted by molar-refractivity contribution is 7.92. The highest BCUT2D eigenvalue weighted by Gasteiger charge is 2.32. The van der Waals surface area contributed by atoms with Crippen molar-refractivity contribution >= 4 is 15.7 Å². The zero-order valence-electron chi connectivity index (χ0n) is 13.3. The molecule has 23 heavy (non-hydrogen) atoms. The Morgan fingerprint density at radius 1 is 1.13 bits per heavy atom. The highest BCUT2D eigenvalue weighted by atomic mass is 32.2. The molecule has 1 N–H and O–H groups in total. The number of hydrogen-bond acceptors (Lipinski definition) is 3. The summed E-state index contributed by atoms with van der Waals surface area (Å²) in [5.74, 6) is 0. The van der Waals surface area contributed by atoms with Gasteiger partial charge in [-0.05, 0) is 59.8 Å². The zero-order valence-corrected chi connectivity index (χ0v) is 14.2. The number of benzene rings is 2. The van der Waals surface area contributed by atoms with E-state index >= 15 is 0 Å². The van der Waals surface area contributed by atoms with Gasteiger partial charge in [0.15, 0.2) is 0 Å². The molecule has 1 atom stereocenters. The smallest absolute Gasteiger partial charge is 0.229 e. The first-order valence-electron chi connectivity index (χ1n) is 7.85. The predicted molar refractivity (Wildman–Crippen MR) is 93.1 cm³/mol. The van der Waals surface area contributed by atoms with Crippen molar-refractivity contribution in [1.82, 2.24) is 4.90 Å². The van der Waals surface area contributed by atoms with Gasteiger partial charge < -0.3 is 0 Å². The van der Waals surface area contributed by atoms with E-state index in [0.717, 1.165) is 24.9 Å². The van der Waals surface area contributed by atoms with Gasteiger partial charge >= 0.3 is 0 Å². The molecule has 4 nitrogen and oxygen atoms in total. The molecule has 0 spiro atoms. The summed E-state index contributed by atoms with van der Waals surface area (Å²) in [5, 5.41) is 0. The second-order valence-corrected chi connectivity index (χ2v) is 8.32. The van der Waals surface area contributed by atoms with Crippen LogP contribution in [0.2, 0.25) is 0 Å². The van der Waals surface area contributed by atoms with Gasteiger partial charge in [-0.1, -0.05) is 24.3 Å². The maximum atomic E-state index is 11.5. The van der Waals surface area contributed by atoms with Crippen LogP contribution < -0.4 is 4.72 Å². The van der Waals surface area contributed by atoms with E-state index in [9.17, 15) is 8.42 Å². The molecule has 1 aliphatic carbocycles. The van der Waals surface area contributed by atoms with Crippen molar-refractivity contribution < 1.29 is 8.42 Å². The second-order valence-electron chi connectivity index (χ2n) is 6.58. The van der Waals surface area contributed by atoms with E-state index in [-0.39, 0.29) is 0 Å². The fourth-order valence-electron chi connectivity index (χ4n) is 3.88. The molecule has 1 aliphatic heterocycles. The van der Waals surface area contributed by atoms with Crippen LogP contribution in [0, 0.1) is 0 Å². The van der Waals surface area contributed by atoms with E-state index in [0.29, 0.717) is 11.7 Å². The lowest BCUT2D eigenvalue weighted by Crippen LogP contribution is -2.35. The summed E-state index contributed by atoms with van der Waals surface area (Å²) in [5.41, 5.74) is 7.17. The molecule has 2 aromatic carbocycles. The monoisotopic (exact) mass is 328 g/mol. The third kappa shape index (κ3) is 2.54. The second kappa shape index (κ2) is 5.08. The molecule has 0 aromatic heterocycles. The molecule has 1 unspecified atom stereocenters. The molecule has 2 aliphatic rings. The van der Waals surface area contributed by atoms with Gasteiger partial charge in [0.25, 0.3) is 0 Å². The number of nitrogens with one attached hydrogen (secondary N) is 1. The first-order chi connectivity index (χ1) is 10.9. The van der Waals surface area contributed by atoms with Crippen LogP contribution in [0.15, 0.2) is 36.4 Å². The van der Waals surface area contributed by atoms with Crippen molar-refractivity contribution in [1.29, 1.82) is 0 Å². The summed E-state index contributed by atoms with van der Waals surface area (Å²) in [6.45, 7) is 1.09. The van der Waals surface area contributed by atoms with E-state index in [2.05, 4.69) is 40.9 Å². The number of likely N-dealkylation sites (N-methyl/N-ethyl adjacent to an activating group) is 1. The lowest BCUT2D eigenvalue weighted by Gasteiger charge is -2.39. The number of nitrogens with zero attached hydrogens (tertiary/aromatic N) is 1. The maximum Gasteiger partial charge on any atom is 0.229 e. The fraction of sp³-hybridized carbons (Fsp3) is 0.333. The Morgan fingerprint density at radius 2 is 1.96 bits per heavy atom. The Balaban J connectivity index is 1.88. The van der Waals surface area contributed by atoms with Gasteiger partial charge in [0.2, 0.25) is 10.0 Å². The van der Waals surface area contributed by atoms with E-state index in [1.165, 1.54) is 28.5 Å². The molecular formula is C18H20N2O2S. The molecule has 0 radical (unpaired) electrons. The molecule has 0 saturated carbocycles.